The third-order valence-corrected chi connectivity index (χ3v) is 9.48. The molecule has 2 aromatic carbocycles. The molecule has 0 spiro atoms. The van der Waals surface area contributed by atoms with Gasteiger partial charge in [0.25, 0.3) is 22.9 Å². The SMILES string of the molecule is N=CN.Nc1nc2c(c(=O)[nH]1)NC(CNc1ccc(C(=O)N[C@@H](CCC(=O)[O-])C(=O)O)cc1)CN2.Nc1nc2c(c(=O)[nH]1)NC(CNc1ccc(C(=O)N[C@@H](CCC(=O)[O-])C(=O)O)cc1)CN2.[Ca+2]. The van der Waals surface area contributed by atoms with Crippen LogP contribution < -0.4 is 81.1 Å². The molecule has 4 aromatic rings. The summed E-state index contributed by atoms with van der Waals surface area (Å²) in [4.78, 5) is 105. The zero-order valence-corrected chi connectivity index (χ0v) is 38.2. The molecule has 68 heavy (non-hydrogen) atoms. The van der Waals surface area contributed by atoms with Gasteiger partial charge in [-0.1, -0.05) is 0 Å². The molecule has 4 atom stereocenters. The fourth-order valence-electron chi connectivity index (χ4n) is 6.18. The Morgan fingerprint density at radius 2 is 1.03 bits per heavy atom. The number of aromatic nitrogens is 4. The first-order valence-electron chi connectivity index (χ1n) is 20.0. The molecule has 6 rings (SSSR count). The number of amides is 2. The first-order chi connectivity index (χ1) is 31.9. The largest absolute Gasteiger partial charge is 2.00 e. The Hall–Kier alpha value is -7.85. The summed E-state index contributed by atoms with van der Waals surface area (Å²) in [5, 5.41) is 68.4. The first-order valence-corrected chi connectivity index (χ1v) is 20.0. The van der Waals surface area contributed by atoms with Crippen molar-refractivity contribution in [3.63, 3.8) is 0 Å². The van der Waals surface area contributed by atoms with Gasteiger partial charge >= 0.3 is 49.7 Å². The van der Waals surface area contributed by atoms with Crippen LogP contribution in [0.1, 0.15) is 46.4 Å². The molecule has 358 valence electrons. The molecule has 29 heteroatoms. The molecular formula is C39H48CaN16O12. The van der Waals surface area contributed by atoms with Gasteiger partial charge in [0.05, 0.1) is 18.4 Å². The number of aliphatic carboxylic acids is 4. The summed E-state index contributed by atoms with van der Waals surface area (Å²) < 4.78 is 0. The second-order valence-electron chi connectivity index (χ2n) is 14.4. The zero-order valence-electron chi connectivity index (χ0n) is 36.0. The van der Waals surface area contributed by atoms with Crippen LogP contribution in [0, 0.1) is 5.41 Å². The van der Waals surface area contributed by atoms with Gasteiger partial charge in [0, 0.05) is 60.6 Å². The van der Waals surface area contributed by atoms with Gasteiger partial charge in [0.2, 0.25) is 11.9 Å². The van der Waals surface area contributed by atoms with E-state index >= 15 is 0 Å². The number of benzene rings is 2. The Bertz CT molecular complexity index is 2370. The number of carbonyl (C=O) groups is 6. The van der Waals surface area contributed by atoms with E-state index in [0.29, 0.717) is 60.6 Å². The van der Waals surface area contributed by atoms with Crippen LogP contribution in [-0.2, 0) is 19.2 Å². The molecule has 2 aromatic heterocycles. The molecule has 0 aliphatic carbocycles. The Balaban J connectivity index is 0.000000336. The van der Waals surface area contributed by atoms with E-state index in [0.717, 1.165) is 6.34 Å². The van der Waals surface area contributed by atoms with E-state index in [9.17, 15) is 48.6 Å². The van der Waals surface area contributed by atoms with Crippen LogP contribution in [0.3, 0.4) is 0 Å². The van der Waals surface area contributed by atoms with E-state index in [2.05, 4.69) is 68.2 Å². The Kier molecular flexibility index (Phi) is 21.1. The van der Waals surface area contributed by atoms with Crippen molar-refractivity contribution in [1.29, 1.82) is 5.41 Å². The van der Waals surface area contributed by atoms with Gasteiger partial charge in [-0.3, -0.25) is 34.6 Å². The number of anilines is 8. The van der Waals surface area contributed by atoms with E-state index in [1.807, 2.05) is 0 Å². The second-order valence-corrected chi connectivity index (χ2v) is 14.4. The summed E-state index contributed by atoms with van der Waals surface area (Å²) in [5.41, 5.74) is 17.1. The molecular weight excluding hydrogens is 925 g/mol. The molecule has 2 aliphatic rings. The number of nitrogen functional groups attached to an aromatic ring is 2. The minimum atomic E-state index is -1.39. The van der Waals surface area contributed by atoms with Gasteiger partial charge in [-0.15, -0.1) is 0 Å². The summed E-state index contributed by atoms with van der Waals surface area (Å²) in [5.74, 6) is -5.89. The van der Waals surface area contributed by atoms with Gasteiger partial charge in [-0.05, 0) is 74.2 Å². The normalized spacial score (nSPS) is 14.7. The van der Waals surface area contributed by atoms with Crippen LogP contribution in [0.2, 0.25) is 0 Å². The fourth-order valence-corrected chi connectivity index (χ4v) is 6.18. The predicted octanol–water partition coefficient (Wildman–Crippen LogP) is -4.06. The van der Waals surface area contributed by atoms with E-state index in [4.69, 9.17) is 27.1 Å². The summed E-state index contributed by atoms with van der Waals surface area (Å²) in [6, 6.07) is 9.69. The zero-order chi connectivity index (χ0) is 49.2. The Morgan fingerprint density at radius 3 is 1.34 bits per heavy atom. The molecule has 0 bridgehead atoms. The van der Waals surface area contributed by atoms with Crippen LogP contribution in [0.15, 0.2) is 58.1 Å². The number of carboxylic acids is 4. The third kappa shape index (κ3) is 16.9. The molecule has 0 saturated heterocycles. The van der Waals surface area contributed by atoms with Gasteiger partial charge < -0.3 is 89.8 Å². The van der Waals surface area contributed by atoms with E-state index in [1.54, 1.807) is 24.3 Å². The number of hydrogen-bond acceptors (Lipinski definition) is 21. The number of nitrogens with two attached hydrogens (primary N) is 3. The van der Waals surface area contributed by atoms with Gasteiger partial charge in [-0.2, -0.15) is 9.97 Å². The fraction of sp³-hybridized carbons (Fsp3) is 0.308. The molecule has 19 N–H and O–H groups in total. The molecule has 0 fully saturated rings. The minimum absolute atomic E-state index is 0. The standard InChI is InChI=1S/2C19H23N7O6.CH4N2.Ca/c2*20-19-25-15-14(17(30)26-19)23-11(8-22-15)7-21-10-3-1-9(2-4-10)16(29)24-12(18(31)32)5-6-13(27)28;2-1-3;/h2*1-4,11-12,21,23H,5-8H2,(H,24,29)(H,27,28)(H,31,32)(H4,20,22,25,26,30);1H,(H3,2,3);/q;;;+2/p-2/t2*11?,12-;;/m00../s1. The van der Waals surface area contributed by atoms with Crippen molar-refractivity contribution in [3.05, 3.63) is 80.4 Å². The number of nitrogens with one attached hydrogen (secondary N) is 11. The van der Waals surface area contributed by atoms with Crippen molar-refractivity contribution in [2.45, 2.75) is 49.9 Å². The number of rotatable bonds is 18. The average Bonchev–Trinajstić information content (AvgIpc) is 3.28. The summed E-state index contributed by atoms with van der Waals surface area (Å²) in [6.45, 7) is 1.90. The molecule has 2 amide bonds. The number of hydrogen-bond donors (Lipinski definition) is 16. The molecule has 0 saturated carbocycles. The Morgan fingerprint density at radius 1 is 0.691 bits per heavy atom. The van der Waals surface area contributed by atoms with E-state index in [-0.39, 0.29) is 96.8 Å². The van der Waals surface area contributed by atoms with Crippen molar-refractivity contribution >= 4 is 126 Å². The number of fused-ring (bicyclic) bond motifs is 2. The quantitative estimate of drug-likeness (QED) is 0.0256. The monoisotopic (exact) mass is 972 g/mol. The van der Waals surface area contributed by atoms with Crippen molar-refractivity contribution < 1.29 is 49.2 Å². The summed E-state index contributed by atoms with van der Waals surface area (Å²) in [7, 11) is 0. The predicted molar refractivity (Wildman–Crippen MR) is 245 cm³/mol. The van der Waals surface area contributed by atoms with Gasteiger partial charge in [0.1, 0.15) is 23.5 Å². The van der Waals surface area contributed by atoms with Crippen LogP contribution >= 0.6 is 0 Å². The topological polar surface area (TPSA) is 479 Å². The van der Waals surface area contributed by atoms with Crippen molar-refractivity contribution in [1.82, 2.24) is 30.6 Å². The van der Waals surface area contributed by atoms with Crippen molar-refractivity contribution in [2.24, 2.45) is 5.73 Å². The van der Waals surface area contributed by atoms with Gasteiger partial charge in [0.15, 0.2) is 11.6 Å². The number of aromatic amines is 2. The first kappa shape index (κ1) is 54.5. The number of carboxylic acid groups (broad SMARTS) is 4. The van der Waals surface area contributed by atoms with Gasteiger partial charge in [-0.25, -0.2) is 9.59 Å². The number of carbonyl (C=O) groups excluding carboxylic acids is 4. The van der Waals surface area contributed by atoms with Crippen LogP contribution in [0.25, 0.3) is 0 Å². The minimum Gasteiger partial charge on any atom is -0.550 e. The second kappa shape index (κ2) is 26.3. The molecule has 28 nitrogen and oxygen atoms in total. The third-order valence-electron chi connectivity index (χ3n) is 9.48. The van der Waals surface area contributed by atoms with Crippen molar-refractivity contribution in [2.75, 3.05) is 69.5 Å². The van der Waals surface area contributed by atoms with Crippen LogP contribution in [0.5, 0.6) is 0 Å². The molecule has 2 aliphatic heterocycles. The maximum atomic E-state index is 12.3. The van der Waals surface area contributed by atoms with Crippen LogP contribution in [0.4, 0.5) is 46.3 Å². The summed E-state index contributed by atoms with van der Waals surface area (Å²) >= 11 is 0. The van der Waals surface area contributed by atoms with Crippen molar-refractivity contribution in [3.8, 4) is 0 Å². The maximum absolute atomic E-state index is 12.3. The van der Waals surface area contributed by atoms with E-state index in [1.165, 1.54) is 24.3 Å². The maximum Gasteiger partial charge on any atom is 2.00 e. The smallest absolute Gasteiger partial charge is 0.550 e. The molecule has 2 unspecified atom stereocenters. The molecule has 4 heterocycles. The molecule has 0 radical (unpaired) electrons. The summed E-state index contributed by atoms with van der Waals surface area (Å²) in [6.07, 6.45) is -0.771. The van der Waals surface area contributed by atoms with Crippen LogP contribution in [-0.4, -0.2) is 160 Å². The number of H-pyrrole nitrogens is 2. The Labute approximate surface area is 414 Å². The van der Waals surface area contributed by atoms with E-state index < -0.39 is 60.6 Å². The number of nitrogens with zero attached hydrogens (tertiary/aromatic N) is 2. The average molecular weight is 973 g/mol.